The fourth-order valence-corrected chi connectivity index (χ4v) is 4.76. The Morgan fingerprint density at radius 2 is 2.05 bits per heavy atom. The maximum atomic E-state index is 5.23. The number of nitrogens with zero attached hydrogens (tertiary/aromatic N) is 1. The molecule has 3 nitrogen and oxygen atoms in total. The summed E-state index contributed by atoms with van der Waals surface area (Å²) in [7, 11) is 1.76. The summed E-state index contributed by atoms with van der Waals surface area (Å²) in [6.45, 7) is 13.1. The molecule has 0 aliphatic heterocycles. The minimum atomic E-state index is -0.000301. The van der Waals surface area contributed by atoms with Crippen LogP contribution in [0.4, 0.5) is 0 Å². The highest BCUT2D eigenvalue weighted by atomic mass is 32.1. The van der Waals surface area contributed by atoms with Crippen LogP contribution >= 0.6 is 11.3 Å². The van der Waals surface area contributed by atoms with Crippen molar-refractivity contribution in [3.8, 4) is 0 Å². The van der Waals surface area contributed by atoms with Gasteiger partial charge in [-0.2, -0.15) is 0 Å². The van der Waals surface area contributed by atoms with Crippen molar-refractivity contribution in [3.63, 3.8) is 0 Å². The van der Waals surface area contributed by atoms with Gasteiger partial charge in [0.1, 0.15) is 5.01 Å². The molecule has 4 heteroatoms. The smallest absolute Gasteiger partial charge is 0.114 e. The van der Waals surface area contributed by atoms with Gasteiger partial charge < -0.3 is 10.1 Å². The standard InChI is InChI=1S/C17H30N2OS/c1-15(2,3)13-12-21-14(19-13)17(18-10-11-20-6)9-7-8-16(17,4)5/h12,18H,7-11H2,1-6H3. The fraction of sp³-hybridized carbons (Fsp3) is 0.824. The van der Waals surface area contributed by atoms with Gasteiger partial charge in [0, 0.05) is 24.4 Å². The number of rotatable bonds is 5. The summed E-state index contributed by atoms with van der Waals surface area (Å²) in [5.41, 5.74) is 1.55. The van der Waals surface area contributed by atoms with E-state index in [1.807, 2.05) is 11.3 Å². The molecular weight excluding hydrogens is 280 g/mol. The lowest BCUT2D eigenvalue weighted by molar-refractivity contribution is 0.129. The number of hydrogen-bond acceptors (Lipinski definition) is 4. The molecule has 1 N–H and O–H groups in total. The molecule has 1 aromatic rings. The fourth-order valence-electron chi connectivity index (χ4n) is 3.33. The number of aromatic nitrogens is 1. The van der Waals surface area contributed by atoms with E-state index in [1.54, 1.807) is 7.11 Å². The number of ether oxygens (including phenoxy) is 1. The zero-order chi connectivity index (χ0) is 15.7. The predicted octanol–water partition coefficient (Wildman–Crippen LogP) is 4.08. The molecule has 0 saturated heterocycles. The highest BCUT2D eigenvalue weighted by molar-refractivity contribution is 7.09. The largest absolute Gasteiger partial charge is 0.383 e. The van der Waals surface area contributed by atoms with Crippen molar-refractivity contribution in [2.75, 3.05) is 20.3 Å². The van der Waals surface area contributed by atoms with Crippen LogP contribution in [0.3, 0.4) is 0 Å². The van der Waals surface area contributed by atoms with E-state index in [1.165, 1.54) is 30.0 Å². The Bertz CT molecular complexity index is 475. The van der Waals surface area contributed by atoms with Crippen LogP contribution in [-0.2, 0) is 15.7 Å². The van der Waals surface area contributed by atoms with Crippen LogP contribution in [0, 0.1) is 5.41 Å². The van der Waals surface area contributed by atoms with E-state index in [-0.39, 0.29) is 16.4 Å². The van der Waals surface area contributed by atoms with Gasteiger partial charge in [0.2, 0.25) is 0 Å². The second kappa shape index (κ2) is 5.98. The first-order valence-electron chi connectivity index (χ1n) is 7.93. The highest BCUT2D eigenvalue weighted by Crippen LogP contribution is 2.53. The first-order chi connectivity index (χ1) is 9.73. The molecule has 1 heterocycles. The molecule has 1 unspecified atom stereocenters. The Hall–Kier alpha value is -0.450. The minimum Gasteiger partial charge on any atom is -0.383 e. The maximum absolute atomic E-state index is 5.23. The van der Waals surface area contributed by atoms with Crippen LogP contribution in [0.25, 0.3) is 0 Å². The monoisotopic (exact) mass is 310 g/mol. The molecule has 1 fully saturated rings. The molecule has 1 atom stereocenters. The molecule has 1 saturated carbocycles. The Morgan fingerprint density at radius 3 is 2.52 bits per heavy atom. The third kappa shape index (κ3) is 3.17. The van der Waals surface area contributed by atoms with Gasteiger partial charge in [0.15, 0.2) is 0 Å². The van der Waals surface area contributed by atoms with Crippen LogP contribution in [0.5, 0.6) is 0 Å². The Labute approximate surface area is 133 Å². The van der Waals surface area contributed by atoms with Crippen LogP contribution in [-0.4, -0.2) is 25.2 Å². The van der Waals surface area contributed by atoms with Crippen molar-refractivity contribution in [1.82, 2.24) is 10.3 Å². The summed E-state index contributed by atoms with van der Waals surface area (Å²) < 4.78 is 5.23. The molecule has 0 bridgehead atoms. The van der Waals surface area contributed by atoms with Gasteiger partial charge in [-0.3, -0.25) is 0 Å². The molecule has 0 amide bonds. The molecule has 21 heavy (non-hydrogen) atoms. The number of hydrogen-bond donors (Lipinski definition) is 1. The Morgan fingerprint density at radius 1 is 1.33 bits per heavy atom. The van der Waals surface area contributed by atoms with E-state index >= 15 is 0 Å². The van der Waals surface area contributed by atoms with Crippen molar-refractivity contribution < 1.29 is 4.74 Å². The third-order valence-electron chi connectivity index (χ3n) is 4.88. The first kappa shape index (κ1) is 16.9. The quantitative estimate of drug-likeness (QED) is 0.832. The molecule has 0 aromatic carbocycles. The van der Waals surface area contributed by atoms with Crippen molar-refractivity contribution in [2.45, 2.75) is 64.8 Å². The maximum Gasteiger partial charge on any atom is 0.114 e. The van der Waals surface area contributed by atoms with E-state index in [4.69, 9.17) is 9.72 Å². The predicted molar refractivity (Wildman–Crippen MR) is 90.0 cm³/mol. The van der Waals surface area contributed by atoms with Crippen LogP contribution in [0.1, 0.15) is 64.6 Å². The molecule has 0 spiro atoms. The van der Waals surface area contributed by atoms with Gasteiger partial charge >= 0.3 is 0 Å². The van der Waals surface area contributed by atoms with E-state index in [9.17, 15) is 0 Å². The lowest BCUT2D eigenvalue weighted by Gasteiger charge is -2.41. The molecule has 120 valence electrons. The summed E-state index contributed by atoms with van der Waals surface area (Å²) in [6, 6.07) is 0. The SMILES string of the molecule is COCCNC1(c2nc(C(C)(C)C)cs2)CCCC1(C)C. The molecule has 0 radical (unpaired) electrons. The van der Waals surface area contributed by atoms with Gasteiger partial charge in [-0.15, -0.1) is 11.3 Å². The summed E-state index contributed by atoms with van der Waals surface area (Å²) >= 11 is 1.82. The number of thiazole rings is 1. The van der Waals surface area contributed by atoms with E-state index in [0.717, 1.165) is 13.2 Å². The second-order valence-electron chi connectivity index (χ2n) is 7.85. The topological polar surface area (TPSA) is 34.1 Å². The first-order valence-corrected chi connectivity index (χ1v) is 8.81. The van der Waals surface area contributed by atoms with Crippen LogP contribution in [0.15, 0.2) is 5.38 Å². The summed E-state index contributed by atoms with van der Waals surface area (Å²) in [4.78, 5) is 5.03. The molecule has 2 rings (SSSR count). The minimum absolute atomic E-state index is 0.000301. The third-order valence-corrected chi connectivity index (χ3v) is 5.88. The van der Waals surface area contributed by atoms with Gasteiger partial charge in [-0.1, -0.05) is 41.0 Å². The average Bonchev–Trinajstić information content (AvgIpc) is 2.95. The van der Waals surface area contributed by atoms with Crippen LogP contribution < -0.4 is 5.32 Å². The molecular formula is C17H30N2OS. The number of methoxy groups -OCH3 is 1. The van der Waals surface area contributed by atoms with Crippen molar-refractivity contribution in [1.29, 1.82) is 0 Å². The molecule has 1 aliphatic rings. The van der Waals surface area contributed by atoms with Gasteiger partial charge in [-0.05, 0) is 18.3 Å². The van der Waals surface area contributed by atoms with Gasteiger partial charge in [0.25, 0.3) is 0 Å². The Balaban J connectivity index is 2.34. The number of nitrogens with one attached hydrogen (secondary N) is 1. The Kier molecular flexibility index (Phi) is 4.81. The van der Waals surface area contributed by atoms with Crippen molar-refractivity contribution in [3.05, 3.63) is 16.1 Å². The highest BCUT2D eigenvalue weighted by Gasteiger charge is 2.51. The summed E-state index contributed by atoms with van der Waals surface area (Å²) in [5.74, 6) is 0. The summed E-state index contributed by atoms with van der Waals surface area (Å²) in [6.07, 6.45) is 3.68. The van der Waals surface area contributed by atoms with Gasteiger partial charge in [-0.25, -0.2) is 4.98 Å². The lowest BCUT2D eigenvalue weighted by Crippen LogP contribution is -2.51. The van der Waals surface area contributed by atoms with Gasteiger partial charge in [0.05, 0.1) is 17.8 Å². The molecule has 1 aromatic heterocycles. The van der Waals surface area contributed by atoms with E-state index < -0.39 is 0 Å². The van der Waals surface area contributed by atoms with Crippen molar-refractivity contribution in [2.24, 2.45) is 5.41 Å². The normalized spacial score (nSPS) is 25.4. The molecule has 1 aliphatic carbocycles. The zero-order valence-corrected chi connectivity index (χ0v) is 15.2. The van der Waals surface area contributed by atoms with E-state index in [0.29, 0.717) is 0 Å². The lowest BCUT2D eigenvalue weighted by atomic mass is 9.75. The zero-order valence-electron chi connectivity index (χ0n) is 14.4. The van der Waals surface area contributed by atoms with Crippen LogP contribution in [0.2, 0.25) is 0 Å². The summed E-state index contributed by atoms with van der Waals surface area (Å²) in [5, 5.41) is 7.29. The van der Waals surface area contributed by atoms with Crippen molar-refractivity contribution >= 4 is 11.3 Å². The second-order valence-corrected chi connectivity index (χ2v) is 8.71. The average molecular weight is 311 g/mol. The van der Waals surface area contributed by atoms with E-state index in [2.05, 4.69) is 45.3 Å².